The van der Waals surface area contributed by atoms with E-state index in [1.54, 1.807) is 18.5 Å². The lowest BCUT2D eigenvalue weighted by molar-refractivity contribution is 0.423. The van der Waals surface area contributed by atoms with Crippen molar-refractivity contribution in [3.8, 4) is 28.9 Å². The Morgan fingerprint density at radius 1 is 1.15 bits per heavy atom. The van der Waals surface area contributed by atoms with E-state index >= 15 is 0 Å². The van der Waals surface area contributed by atoms with Crippen LogP contribution in [-0.2, 0) is 0 Å². The molecule has 20 heavy (non-hydrogen) atoms. The Morgan fingerprint density at radius 2 is 2.00 bits per heavy atom. The van der Waals surface area contributed by atoms with Crippen molar-refractivity contribution in [1.29, 1.82) is 0 Å². The van der Waals surface area contributed by atoms with E-state index in [0.29, 0.717) is 11.5 Å². The van der Waals surface area contributed by atoms with Crippen LogP contribution in [0.3, 0.4) is 0 Å². The molecule has 0 radical (unpaired) electrons. The molecule has 6 nitrogen and oxygen atoms in total. The van der Waals surface area contributed by atoms with E-state index in [1.165, 1.54) is 6.07 Å². The highest BCUT2D eigenvalue weighted by molar-refractivity contribution is 5.60. The molecule has 0 unspecified atom stereocenters. The van der Waals surface area contributed by atoms with Gasteiger partial charge < -0.3 is 9.63 Å². The quantitative estimate of drug-likeness (QED) is 0.768. The van der Waals surface area contributed by atoms with Gasteiger partial charge in [-0.15, -0.1) is 0 Å². The number of rotatable bonds is 2. The highest BCUT2D eigenvalue weighted by atomic mass is 16.5. The molecular formula is C14H12N4O2. The van der Waals surface area contributed by atoms with Crippen LogP contribution < -0.4 is 0 Å². The van der Waals surface area contributed by atoms with Gasteiger partial charge in [0.05, 0.1) is 0 Å². The fourth-order valence-corrected chi connectivity index (χ4v) is 1.93. The first-order valence-electron chi connectivity index (χ1n) is 6.07. The second-order valence-electron chi connectivity index (χ2n) is 4.47. The Kier molecular flexibility index (Phi) is 2.90. The molecule has 0 fully saturated rings. The van der Waals surface area contributed by atoms with Crippen LogP contribution in [0.15, 0.2) is 35.1 Å². The summed E-state index contributed by atoms with van der Waals surface area (Å²) in [4.78, 5) is 12.6. The fraction of sp³-hybridized carbons (Fsp3) is 0.143. The third kappa shape index (κ3) is 2.11. The molecule has 0 aliphatic heterocycles. The Bertz CT molecular complexity index is 767. The van der Waals surface area contributed by atoms with Gasteiger partial charge in [-0.05, 0) is 37.1 Å². The third-order valence-corrected chi connectivity index (χ3v) is 2.84. The highest BCUT2D eigenvalue weighted by Gasteiger charge is 2.16. The van der Waals surface area contributed by atoms with E-state index in [0.717, 1.165) is 11.1 Å². The van der Waals surface area contributed by atoms with Crippen molar-refractivity contribution in [2.75, 3.05) is 0 Å². The molecule has 0 aliphatic rings. The van der Waals surface area contributed by atoms with Crippen LogP contribution >= 0.6 is 0 Å². The van der Waals surface area contributed by atoms with E-state index in [-0.39, 0.29) is 17.3 Å². The predicted molar refractivity (Wildman–Crippen MR) is 71.9 cm³/mol. The summed E-state index contributed by atoms with van der Waals surface area (Å²) in [7, 11) is 0. The molecule has 0 spiro atoms. The molecule has 6 heteroatoms. The standard InChI is InChI=1S/C14H12N4O2/c1-8-6-9(2)11(16-7-8)13-17-14(20-18-13)12-10(19)4-3-5-15-12/h3-7,19H,1-2H3. The average Bonchev–Trinajstić information content (AvgIpc) is 2.88. The van der Waals surface area contributed by atoms with Gasteiger partial charge in [0.1, 0.15) is 11.4 Å². The first-order valence-corrected chi connectivity index (χ1v) is 6.07. The van der Waals surface area contributed by atoms with E-state index in [2.05, 4.69) is 20.1 Å². The molecule has 1 N–H and O–H groups in total. The first-order chi connectivity index (χ1) is 9.65. The Morgan fingerprint density at radius 3 is 2.75 bits per heavy atom. The summed E-state index contributed by atoms with van der Waals surface area (Å²) in [6, 6.07) is 5.14. The highest BCUT2D eigenvalue weighted by Crippen LogP contribution is 2.27. The number of hydrogen-bond acceptors (Lipinski definition) is 6. The molecule has 100 valence electrons. The second kappa shape index (κ2) is 4.73. The zero-order valence-corrected chi connectivity index (χ0v) is 11.0. The minimum Gasteiger partial charge on any atom is -0.505 e. The van der Waals surface area contributed by atoms with Crippen LogP contribution in [0.4, 0.5) is 0 Å². The van der Waals surface area contributed by atoms with E-state index in [4.69, 9.17) is 4.52 Å². The zero-order valence-electron chi connectivity index (χ0n) is 11.0. The fourth-order valence-electron chi connectivity index (χ4n) is 1.93. The number of aromatic hydroxyl groups is 1. The van der Waals surface area contributed by atoms with Crippen molar-refractivity contribution < 1.29 is 9.63 Å². The van der Waals surface area contributed by atoms with Crippen molar-refractivity contribution in [2.45, 2.75) is 13.8 Å². The van der Waals surface area contributed by atoms with Gasteiger partial charge in [-0.3, -0.25) is 4.98 Å². The first kappa shape index (κ1) is 12.3. The number of aryl methyl sites for hydroxylation is 2. The van der Waals surface area contributed by atoms with Gasteiger partial charge in [-0.25, -0.2) is 4.98 Å². The Labute approximate surface area is 115 Å². The maximum absolute atomic E-state index is 9.73. The Balaban J connectivity index is 2.04. The molecule has 0 bridgehead atoms. The number of pyridine rings is 2. The van der Waals surface area contributed by atoms with Gasteiger partial charge in [0.2, 0.25) is 5.82 Å². The summed E-state index contributed by atoms with van der Waals surface area (Å²) in [5, 5.41) is 13.6. The van der Waals surface area contributed by atoms with Crippen LogP contribution in [0.5, 0.6) is 5.75 Å². The minimum atomic E-state index is -0.00344. The minimum absolute atomic E-state index is 0.00344. The van der Waals surface area contributed by atoms with Crippen molar-refractivity contribution >= 4 is 0 Å². The molecular weight excluding hydrogens is 256 g/mol. The van der Waals surface area contributed by atoms with Crippen LogP contribution in [0.25, 0.3) is 23.1 Å². The normalized spacial score (nSPS) is 10.7. The molecule has 0 aliphatic carbocycles. The van der Waals surface area contributed by atoms with Crippen LogP contribution in [0.1, 0.15) is 11.1 Å². The average molecular weight is 268 g/mol. The summed E-state index contributed by atoms with van der Waals surface area (Å²) >= 11 is 0. The van der Waals surface area contributed by atoms with Gasteiger partial charge in [0.15, 0.2) is 5.69 Å². The third-order valence-electron chi connectivity index (χ3n) is 2.84. The summed E-state index contributed by atoms with van der Waals surface area (Å²) in [6.07, 6.45) is 3.30. The number of hydrogen-bond donors (Lipinski definition) is 1. The molecule has 0 atom stereocenters. The maximum atomic E-state index is 9.73. The lowest BCUT2D eigenvalue weighted by Gasteiger charge is -2.00. The lowest BCUT2D eigenvalue weighted by atomic mass is 10.1. The molecule has 0 amide bonds. The van der Waals surface area contributed by atoms with E-state index in [1.807, 2.05) is 19.9 Å². The van der Waals surface area contributed by atoms with Gasteiger partial charge in [-0.1, -0.05) is 11.2 Å². The number of nitrogens with zero attached hydrogens (tertiary/aromatic N) is 4. The van der Waals surface area contributed by atoms with Crippen molar-refractivity contribution in [1.82, 2.24) is 20.1 Å². The monoisotopic (exact) mass is 268 g/mol. The molecule has 3 rings (SSSR count). The summed E-state index contributed by atoms with van der Waals surface area (Å²) in [5.41, 5.74) is 2.94. The maximum Gasteiger partial charge on any atom is 0.280 e. The summed E-state index contributed by atoms with van der Waals surface area (Å²) < 4.78 is 5.15. The summed E-state index contributed by atoms with van der Waals surface area (Å²) in [6.45, 7) is 3.90. The second-order valence-corrected chi connectivity index (χ2v) is 4.47. The van der Waals surface area contributed by atoms with Crippen LogP contribution in [-0.4, -0.2) is 25.2 Å². The topological polar surface area (TPSA) is 84.9 Å². The van der Waals surface area contributed by atoms with Gasteiger partial charge in [-0.2, -0.15) is 4.98 Å². The summed E-state index contributed by atoms with van der Waals surface area (Å²) in [5.74, 6) is 0.540. The molecule has 0 aromatic carbocycles. The molecule has 3 aromatic rings. The van der Waals surface area contributed by atoms with Crippen molar-refractivity contribution in [3.05, 3.63) is 41.7 Å². The molecule has 0 saturated carbocycles. The lowest BCUT2D eigenvalue weighted by Crippen LogP contribution is -1.91. The number of aromatic nitrogens is 4. The zero-order chi connectivity index (χ0) is 14.1. The van der Waals surface area contributed by atoms with Gasteiger partial charge >= 0.3 is 0 Å². The Hall–Kier alpha value is -2.76. The molecule has 3 heterocycles. The predicted octanol–water partition coefficient (Wildman–Crippen LogP) is 2.52. The van der Waals surface area contributed by atoms with Gasteiger partial charge in [0.25, 0.3) is 5.89 Å². The largest absolute Gasteiger partial charge is 0.505 e. The van der Waals surface area contributed by atoms with Crippen LogP contribution in [0.2, 0.25) is 0 Å². The smallest absolute Gasteiger partial charge is 0.280 e. The SMILES string of the molecule is Cc1cnc(-c2noc(-c3ncccc3O)n2)c(C)c1. The van der Waals surface area contributed by atoms with E-state index in [9.17, 15) is 5.11 Å². The van der Waals surface area contributed by atoms with Gasteiger partial charge in [0, 0.05) is 12.4 Å². The van der Waals surface area contributed by atoms with Crippen molar-refractivity contribution in [3.63, 3.8) is 0 Å². The van der Waals surface area contributed by atoms with Crippen molar-refractivity contribution in [2.24, 2.45) is 0 Å². The molecule has 3 aromatic heterocycles. The molecule has 0 saturated heterocycles. The van der Waals surface area contributed by atoms with E-state index < -0.39 is 0 Å². The van der Waals surface area contributed by atoms with Crippen LogP contribution in [0, 0.1) is 13.8 Å².